The Morgan fingerprint density at radius 1 is 1.27 bits per heavy atom. The highest BCUT2D eigenvalue weighted by molar-refractivity contribution is 7.21. The van der Waals surface area contributed by atoms with E-state index in [-0.39, 0.29) is 5.75 Å². The van der Waals surface area contributed by atoms with Crippen molar-refractivity contribution in [3.05, 3.63) is 34.1 Å². The van der Waals surface area contributed by atoms with Crippen molar-refractivity contribution < 1.29 is 5.11 Å². The van der Waals surface area contributed by atoms with Crippen LogP contribution in [0.3, 0.4) is 0 Å². The van der Waals surface area contributed by atoms with Gasteiger partial charge in [-0.15, -0.1) is 11.3 Å². The largest absolute Gasteiger partial charge is 0.504 e. The van der Waals surface area contributed by atoms with E-state index in [2.05, 4.69) is 9.98 Å². The maximum absolute atomic E-state index is 10.5. The summed E-state index contributed by atoms with van der Waals surface area (Å²) in [6.07, 6.45) is 0. The third kappa shape index (κ3) is 2.30. The second kappa shape index (κ2) is 5.41. The Morgan fingerprint density at radius 3 is 2.64 bits per heavy atom. The molecule has 1 N–H and O–H groups in total. The first-order chi connectivity index (χ1) is 10.4. The molecule has 2 aliphatic rings. The minimum Gasteiger partial charge on any atom is -0.504 e. The lowest BCUT2D eigenvalue weighted by Gasteiger charge is -2.16. The van der Waals surface area contributed by atoms with E-state index in [0.717, 1.165) is 32.0 Å². The highest BCUT2D eigenvalue weighted by atomic mass is 35.5. The molecule has 0 fully saturated rings. The molecule has 0 saturated heterocycles. The van der Waals surface area contributed by atoms with Crippen molar-refractivity contribution in [2.24, 2.45) is 4.99 Å². The third-order valence-electron chi connectivity index (χ3n) is 3.59. The van der Waals surface area contributed by atoms with Gasteiger partial charge >= 0.3 is 0 Å². The van der Waals surface area contributed by atoms with Crippen molar-refractivity contribution in [1.82, 2.24) is 4.98 Å². The summed E-state index contributed by atoms with van der Waals surface area (Å²) < 4.78 is 0.974. The Labute approximate surface area is 137 Å². The number of anilines is 1. The van der Waals surface area contributed by atoms with Crippen LogP contribution >= 0.6 is 22.9 Å². The topological polar surface area (TPSA) is 48.7 Å². The van der Waals surface area contributed by atoms with E-state index < -0.39 is 0 Å². The number of aromatic hydroxyl groups is 1. The smallest absolute Gasteiger partial charge is 0.160 e. The average molecular weight is 334 g/mol. The van der Waals surface area contributed by atoms with E-state index in [0.29, 0.717) is 10.4 Å². The van der Waals surface area contributed by atoms with Crippen LogP contribution in [0.1, 0.15) is 5.56 Å². The van der Waals surface area contributed by atoms with Crippen LogP contribution in [0.4, 0.5) is 5.69 Å². The molecule has 3 rings (SSSR count). The van der Waals surface area contributed by atoms with Crippen LogP contribution in [-0.2, 0) is 0 Å². The summed E-state index contributed by atoms with van der Waals surface area (Å²) in [7, 11) is 5.57. The molecule has 1 heterocycles. The summed E-state index contributed by atoms with van der Waals surface area (Å²) >= 11 is 7.82. The van der Waals surface area contributed by atoms with Gasteiger partial charge in [-0.05, 0) is 30.7 Å². The lowest BCUT2D eigenvalue weighted by atomic mass is 10.1. The number of fused-ring (bicyclic) bond motifs is 2. The standard InChI is InChI=1S/C16H16ClN3OS/c1-8-5-11-16(15(21)14(8)18-2)22-13-7-12(20(3)4)9(17)6-10(13)19-11/h5-7,21H,1-4H3. The molecule has 0 spiro atoms. The molecule has 0 unspecified atom stereocenters. The Bertz CT molecular complexity index is 917. The van der Waals surface area contributed by atoms with Gasteiger partial charge in [0.05, 0.1) is 31.5 Å². The predicted octanol–water partition coefficient (Wildman–Crippen LogP) is 3.67. The van der Waals surface area contributed by atoms with Gasteiger partial charge in [0, 0.05) is 21.1 Å². The van der Waals surface area contributed by atoms with Crippen LogP contribution in [0, 0.1) is 6.92 Å². The van der Waals surface area contributed by atoms with E-state index >= 15 is 0 Å². The molecule has 114 valence electrons. The zero-order chi connectivity index (χ0) is 16.0. The molecule has 0 atom stereocenters. The number of hydrogen-bond donors (Lipinski definition) is 1. The molecule has 0 aromatic heterocycles. The molecule has 0 amide bonds. The fourth-order valence-corrected chi connectivity index (χ4v) is 3.83. The summed E-state index contributed by atoms with van der Waals surface area (Å²) in [4.78, 5) is 11.5. The molecular weight excluding hydrogens is 318 g/mol. The zero-order valence-corrected chi connectivity index (χ0v) is 14.4. The van der Waals surface area contributed by atoms with Gasteiger partial charge in [-0.3, -0.25) is 4.99 Å². The summed E-state index contributed by atoms with van der Waals surface area (Å²) in [6, 6.07) is 5.81. The zero-order valence-electron chi connectivity index (χ0n) is 12.8. The Balaban J connectivity index is 2.43. The van der Waals surface area contributed by atoms with Crippen LogP contribution < -0.4 is 10.3 Å². The van der Waals surface area contributed by atoms with Crippen LogP contribution in [0.2, 0.25) is 5.02 Å². The van der Waals surface area contributed by atoms with Gasteiger partial charge in [-0.2, -0.15) is 0 Å². The van der Waals surface area contributed by atoms with Crippen LogP contribution in [0.5, 0.6) is 5.75 Å². The van der Waals surface area contributed by atoms with E-state index in [1.165, 1.54) is 11.3 Å². The van der Waals surface area contributed by atoms with Gasteiger partial charge in [0.2, 0.25) is 0 Å². The Kier molecular flexibility index (Phi) is 3.70. The van der Waals surface area contributed by atoms with Gasteiger partial charge in [-0.25, -0.2) is 4.98 Å². The van der Waals surface area contributed by atoms with Crippen LogP contribution in [0.15, 0.2) is 23.2 Å². The van der Waals surface area contributed by atoms with Gasteiger partial charge in [0.15, 0.2) is 5.75 Å². The van der Waals surface area contributed by atoms with E-state index in [9.17, 15) is 5.11 Å². The lowest BCUT2D eigenvalue weighted by molar-refractivity contribution is 0.470. The number of hydrogen-bond acceptors (Lipinski definition) is 5. The molecule has 1 aromatic carbocycles. The van der Waals surface area contributed by atoms with E-state index in [4.69, 9.17) is 11.6 Å². The Morgan fingerprint density at radius 2 is 2.00 bits per heavy atom. The van der Waals surface area contributed by atoms with E-state index in [1.54, 1.807) is 7.05 Å². The first kappa shape index (κ1) is 15.1. The first-order valence-corrected chi connectivity index (χ1v) is 7.98. The summed E-state index contributed by atoms with van der Waals surface area (Å²) in [6.45, 7) is 1.92. The van der Waals surface area contributed by atoms with Crippen LogP contribution in [0.25, 0.3) is 20.8 Å². The van der Waals surface area contributed by atoms with Gasteiger partial charge in [-0.1, -0.05) is 11.6 Å². The second-order valence-electron chi connectivity index (χ2n) is 5.34. The molecule has 0 bridgehead atoms. The van der Waals surface area contributed by atoms with Crippen molar-refractivity contribution in [2.75, 3.05) is 26.0 Å². The minimum absolute atomic E-state index is 0.193. The number of benzene rings is 2. The maximum Gasteiger partial charge on any atom is 0.160 e. The predicted molar refractivity (Wildman–Crippen MR) is 93.5 cm³/mol. The van der Waals surface area contributed by atoms with Crippen molar-refractivity contribution in [3.63, 3.8) is 0 Å². The molecule has 0 saturated carbocycles. The normalized spacial score (nSPS) is 12.3. The molecule has 1 aromatic rings. The maximum atomic E-state index is 10.5. The summed E-state index contributed by atoms with van der Waals surface area (Å²) in [5, 5.41) is 11.7. The first-order valence-electron chi connectivity index (χ1n) is 6.79. The SMILES string of the molecule is CN=c1c(C)cc2nc3cc(Cl)c(N(C)C)cc3sc-2c1O. The lowest BCUT2D eigenvalue weighted by Crippen LogP contribution is -2.10. The molecule has 4 nitrogen and oxygen atoms in total. The number of nitrogens with zero attached hydrogens (tertiary/aromatic N) is 3. The molecular formula is C16H16ClN3OS. The summed E-state index contributed by atoms with van der Waals surface area (Å²) in [5.74, 6) is 0.193. The van der Waals surface area contributed by atoms with Gasteiger partial charge < -0.3 is 10.0 Å². The average Bonchev–Trinajstić information content (AvgIpc) is 2.45. The van der Waals surface area contributed by atoms with Crippen molar-refractivity contribution in [2.45, 2.75) is 6.92 Å². The second-order valence-corrected chi connectivity index (χ2v) is 6.80. The number of phenolic OH excluding ortho intramolecular Hbond substituents is 1. The highest BCUT2D eigenvalue weighted by Gasteiger charge is 2.16. The van der Waals surface area contributed by atoms with Crippen LogP contribution in [-0.4, -0.2) is 31.2 Å². The molecule has 22 heavy (non-hydrogen) atoms. The number of aromatic nitrogens is 1. The van der Waals surface area contributed by atoms with Crippen molar-refractivity contribution >= 4 is 38.8 Å². The molecule has 1 aliphatic heterocycles. The summed E-state index contributed by atoms with van der Waals surface area (Å²) in [5.41, 5.74) is 3.42. The fourth-order valence-electron chi connectivity index (χ4n) is 2.50. The molecule has 1 aliphatic carbocycles. The number of halogens is 1. The number of phenols is 1. The number of aryl methyl sites for hydroxylation is 1. The van der Waals surface area contributed by atoms with E-state index in [1.807, 2.05) is 44.1 Å². The molecule has 6 heteroatoms. The fraction of sp³-hybridized carbons (Fsp3) is 0.250. The van der Waals surface area contributed by atoms with Gasteiger partial charge in [0.1, 0.15) is 5.36 Å². The number of rotatable bonds is 1. The monoisotopic (exact) mass is 333 g/mol. The third-order valence-corrected chi connectivity index (χ3v) is 5.04. The van der Waals surface area contributed by atoms with Gasteiger partial charge in [0.25, 0.3) is 0 Å². The highest BCUT2D eigenvalue weighted by Crippen LogP contribution is 2.39. The van der Waals surface area contributed by atoms with Crippen molar-refractivity contribution in [3.8, 4) is 16.3 Å². The molecule has 0 radical (unpaired) electrons. The minimum atomic E-state index is 0.193. The van der Waals surface area contributed by atoms with Crippen molar-refractivity contribution in [1.29, 1.82) is 0 Å². The Hall–Kier alpha value is -1.85. The quantitative estimate of drug-likeness (QED) is 0.691.